The second kappa shape index (κ2) is 5.57. The van der Waals surface area contributed by atoms with Gasteiger partial charge in [-0.3, -0.25) is 9.59 Å². The Hall–Kier alpha value is -1.06. The Morgan fingerprint density at radius 2 is 1.92 bits per heavy atom. The lowest BCUT2D eigenvalue weighted by Gasteiger charge is -2.13. The van der Waals surface area contributed by atoms with Crippen molar-refractivity contribution < 1.29 is 14.3 Å². The zero-order valence-electron chi connectivity index (χ0n) is 7.79. The summed E-state index contributed by atoms with van der Waals surface area (Å²) in [7, 11) is 3.02. The summed E-state index contributed by atoms with van der Waals surface area (Å²) in [5.74, 6) is -0.365. The fraction of sp³-hybridized carbons (Fsp3) is 0.750. The normalized spacial score (nSPS) is 9.25. The molecule has 0 saturated heterocycles. The number of hydrogen-bond donors (Lipinski definition) is 0. The number of carbonyl (C=O) groups excluding carboxylic acids is 2. The first-order valence-corrected chi connectivity index (χ1v) is 3.92. The largest absolute Gasteiger partial charge is 0.469 e. The van der Waals surface area contributed by atoms with Crippen LogP contribution in [0.1, 0.15) is 19.8 Å². The number of carbonyl (C=O) groups is 2. The molecule has 12 heavy (non-hydrogen) atoms. The number of amides is 1. The van der Waals surface area contributed by atoms with Crippen molar-refractivity contribution in [3.8, 4) is 0 Å². The summed E-state index contributed by atoms with van der Waals surface area (Å²) < 4.78 is 4.40. The predicted octanol–water partition coefficient (Wildman–Crippen LogP) is 0.418. The van der Waals surface area contributed by atoms with Gasteiger partial charge in [0.1, 0.15) is 0 Å². The Morgan fingerprint density at radius 3 is 2.33 bits per heavy atom. The third kappa shape index (κ3) is 3.95. The van der Waals surface area contributed by atoms with E-state index in [-0.39, 0.29) is 24.7 Å². The molecule has 4 nitrogen and oxygen atoms in total. The molecule has 4 heteroatoms. The lowest BCUT2D eigenvalue weighted by Crippen LogP contribution is -2.26. The van der Waals surface area contributed by atoms with E-state index in [4.69, 9.17) is 0 Å². The van der Waals surface area contributed by atoms with Gasteiger partial charge in [0, 0.05) is 20.0 Å². The molecule has 0 rings (SSSR count). The fourth-order valence-corrected chi connectivity index (χ4v) is 0.678. The van der Waals surface area contributed by atoms with Crippen molar-refractivity contribution in [1.29, 1.82) is 0 Å². The summed E-state index contributed by atoms with van der Waals surface area (Å²) in [5, 5.41) is 0. The van der Waals surface area contributed by atoms with Gasteiger partial charge in [0.05, 0.1) is 13.5 Å². The molecule has 0 heterocycles. The third-order valence-corrected chi connectivity index (χ3v) is 1.67. The van der Waals surface area contributed by atoms with E-state index in [1.165, 1.54) is 7.11 Å². The van der Waals surface area contributed by atoms with E-state index in [0.29, 0.717) is 6.54 Å². The van der Waals surface area contributed by atoms with E-state index in [9.17, 15) is 9.59 Å². The molecule has 0 aliphatic heterocycles. The van der Waals surface area contributed by atoms with E-state index in [1.54, 1.807) is 11.9 Å². The van der Waals surface area contributed by atoms with Crippen LogP contribution in [-0.2, 0) is 14.3 Å². The first-order valence-electron chi connectivity index (χ1n) is 3.92. The second-order valence-electron chi connectivity index (χ2n) is 2.48. The summed E-state index contributed by atoms with van der Waals surface area (Å²) in [6.07, 6.45) is 0.399. The topological polar surface area (TPSA) is 46.6 Å². The van der Waals surface area contributed by atoms with Crippen molar-refractivity contribution in [2.45, 2.75) is 19.8 Å². The van der Waals surface area contributed by atoms with Crippen molar-refractivity contribution >= 4 is 11.9 Å². The zero-order valence-corrected chi connectivity index (χ0v) is 7.79. The molecule has 0 unspecified atom stereocenters. The summed E-state index contributed by atoms with van der Waals surface area (Å²) in [4.78, 5) is 23.3. The highest BCUT2D eigenvalue weighted by Crippen LogP contribution is 1.96. The van der Waals surface area contributed by atoms with Crippen LogP contribution in [0, 0.1) is 0 Å². The van der Waals surface area contributed by atoms with Gasteiger partial charge in [0.25, 0.3) is 0 Å². The van der Waals surface area contributed by atoms with E-state index in [2.05, 4.69) is 4.74 Å². The van der Waals surface area contributed by atoms with Crippen molar-refractivity contribution in [3.63, 3.8) is 0 Å². The third-order valence-electron chi connectivity index (χ3n) is 1.67. The Kier molecular flexibility index (Phi) is 5.08. The van der Waals surface area contributed by atoms with Crippen LogP contribution in [0.2, 0.25) is 0 Å². The number of ether oxygens (including phenoxy) is 1. The highest BCUT2D eigenvalue weighted by molar-refractivity contribution is 5.81. The maximum absolute atomic E-state index is 11.1. The van der Waals surface area contributed by atoms with Crippen LogP contribution < -0.4 is 0 Å². The smallest absolute Gasteiger partial charge is 0.306 e. The number of hydrogen-bond acceptors (Lipinski definition) is 3. The van der Waals surface area contributed by atoms with Crippen molar-refractivity contribution in [2.24, 2.45) is 0 Å². The van der Waals surface area contributed by atoms with Crippen molar-refractivity contribution in [3.05, 3.63) is 0 Å². The monoisotopic (exact) mass is 173 g/mol. The van der Waals surface area contributed by atoms with Crippen LogP contribution in [0.25, 0.3) is 0 Å². The predicted molar refractivity (Wildman–Crippen MR) is 44.6 cm³/mol. The van der Waals surface area contributed by atoms with E-state index < -0.39 is 0 Å². The Morgan fingerprint density at radius 1 is 1.33 bits per heavy atom. The molecule has 0 atom stereocenters. The van der Waals surface area contributed by atoms with Gasteiger partial charge in [-0.05, 0) is 6.92 Å². The minimum atomic E-state index is -0.340. The van der Waals surface area contributed by atoms with Gasteiger partial charge < -0.3 is 9.64 Å². The molecule has 0 aromatic rings. The van der Waals surface area contributed by atoms with Crippen molar-refractivity contribution in [1.82, 2.24) is 4.90 Å². The summed E-state index contributed by atoms with van der Waals surface area (Å²) in [6, 6.07) is 0. The van der Waals surface area contributed by atoms with Crippen LogP contribution in [-0.4, -0.2) is 37.5 Å². The molecule has 0 saturated carbocycles. The molecule has 1 amide bonds. The second-order valence-corrected chi connectivity index (χ2v) is 2.48. The highest BCUT2D eigenvalue weighted by atomic mass is 16.5. The molecular formula is C8H15NO3. The molecule has 0 aromatic heterocycles. The zero-order chi connectivity index (χ0) is 9.56. The van der Waals surface area contributed by atoms with Crippen molar-refractivity contribution in [2.75, 3.05) is 20.7 Å². The van der Waals surface area contributed by atoms with E-state index >= 15 is 0 Å². The molecule has 0 N–H and O–H groups in total. The van der Waals surface area contributed by atoms with Gasteiger partial charge in [-0.25, -0.2) is 0 Å². The molecule has 0 radical (unpaired) electrons. The van der Waals surface area contributed by atoms with Gasteiger partial charge in [-0.2, -0.15) is 0 Å². The number of rotatable bonds is 4. The standard InChI is InChI=1S/C8H15NO3/c1-4-9(2)7(10)5-6-8(11)12-3/h4-6H2,1-3H3. The van der Waals surface area contributed by atoms with E-state index in [1.807, 2.05) is 6.92 Å². The Bertz CT molecular complexity index is 168. The van der Waals surface area contributed by atoms with Crippen LogP contribution in [0.3, 0.4) is 0 Å². The van der Waals surface area contributed by atoms with Gasteiger partial charge in [-0.1, -0.05) is 0 Å². The van der Waals surface area contributed by atoms with Gasteiger partial charge in [-0.15, -0.1) is 0 Å². The minimum absolute atomic E-state index is 0.0251. The van der Waals surface area contributed by atoms with Gasteiger partial charge >= 0.3 is 5.97 Å². The molecule has 0 aromatic carbocycles. The maximum atomic E-state index is 11.1. The lowest BCUT2D eigenvalue weighted by atomic mass is 10.3. The highest BCUT2D eigenvalue weighted by Gasteiger charge is 2.09. The first-order chi connectivity index (χ1) is 5.61. The van der Waals surface area contributed by atoms with Crippen LogP contribution in [0.5, 0.6) is 0 Å². The Labute approximate surface area is 72.5 Å². The summed E-state index contributed by atoms with van der Waals surface area (Å²) >= 11 is 0. The lowest BCUT2D eigenvalue weighted by molar-refractivity contribution is -0.143. The maximum Gasteiger partial charge on any atom is 0.306 e. The minimum Gasteiger partial charge on any atom is -0.469 e. The molecule has 0 fully saturated rings. The summed E-state index contributed by atoms with van der Waals surface area (Å²) in [6.45, 7) is 2.55. The molecule has 0 aliphatic rings. The molecular weight excluding hydrogens is 158 g/mol. The average Bonchev–Trinajstić information content (AvgIpc) is 2.11. The molecule has 0 aliphatic carbocycles. The van der Waals surface area contributed by atoms with Gasteiger partial charge in [0.15, 0.2) is 0 Å². The van der Waals surface area contributed by atoms with Crippen LogP contribution in [0.4, 0.5) is 0 Å². The average molecular weight is 173 g/mol. The molecule has 0 spiro atoms. The number of nitrogens with zero attached hydrogens (tertiary/aromatic N) is 1. The first kappa shape index (κ1) is 10.9. The summed E-state index contributed by atoms with van der Waals surface area (Å²) in [5.41, 5.74) is 0. The SMILES string of the molecule is CCN(C)C(=O)CCC(=O)OC. The molecule has 70 valence electrons. The Balaban J connectivity index is 3.64. The number of esters is 1. The quantitative estimate of drug-likeness (QED) is 0.579. The van der Waals surface area contributed by atoms with Crippen LogP contribution >= 0.6 is 0 Å². The van der Waals surface area contributed by atoms with Gasteiger partial charge in [0.2, 0.25) is 5.91 Å². The van der Waals surface area contributed by atoms with E-state index in [0.717, 1.165) is 0 Å². The molecule has 0 bridgehead atoms. The number of methoxy groups -OCH3 is 1. The van der Waals surface area contributed by atoms with Crippen LogP contribution in [0.15, 0.2) is 0 Å². The fourth-order valence-electron chi connectivity index (χ4n) is 0.678.